The Labute approximate surface area is 188 Å². The molecule has 0 aliphatic heterocycles. The predicted octanol–water partition coefficient (Wildman–Crippen LogP) is 2.82. The van der Waals surface area contributed by atoms with Gasteiger partial charge in [-0.2, -0.15) is 5.10 Å². The monoisotopic (exact) mass is 433 g/mol. The van der Waals surface area contributed by atoms with E-state index in [-0.39, 0.29) is 5.91 Å². The molecule has 1 aliphatic rings. The van der Waals surface area contributed by atoms with Crippen molar-refractivity contribution in [2.24, 2.45) is 0 Å². The van der Waals surface area contributed by atoms with Crippen molar-refractivity contribution in [2.75, 3.05) is 20.1 Å². The van der Waals surface area contributed by atoms with Gasteiger partial charge >= 0.3 is 0 Å². The maximum Gasteiger partial charge on any atom is 0.253 e. The van der Waals surface area contributed by atoms with Crippen LogP contribution in [0, 0.1) is 0 Å². The van der Waals surface area contributed by atoms with E-state index in [1.165, 1.54) is 24.1 Å². The molecule has 0 spiro atoms. The van der Waals surface area contributed by atoms with Crippen LogP contribution >= 0.6 is 0 Å². The third-order valence-corrected chi connectivity index (χ3v) is 6.07. The molecule has 0 saturated carbocycles. The fourth-order valence-corrected chi connectivity index (χ4v) is 4.17. The molecule has 1 aromatic carbocycles. The van der Waals surface area contributed by atoms with Gasteiger partial charge in [-0.1, -0.05) is 18.2 Å². The SMILES string of the molecule is CN(Cc1n[nH]c2c1CCCC2)C(=O)c1ccc(CCNC[C@H](O)c2cccnc2)cc1. The predicted molar refractivity (Wildman–Crippen MR) is 123 cm³/mol. The normalized spacial score (nSPS) is 14.1. The van der Waals surface area contributed by atoms with E-state index in [0.29, 0.717) is 18.7 Å². The highest BCUT2D eigenvalue weighted by Crippen LogP contribution is 2.23. The Morgan fingerprint density at radius 1 is 1.22 bits per heavy atom. The number of aliphatic hydroxyl groups excluding tert-OH is 1. The summed E-state index contributed by atoms with van der Waals surface area (Å²) in [6.45, 7) is 1.74. The van der Waals surface area contributed by atoms with Crippen LogP contribution in [0.25, 0.3) is 0 Å². The van der Waals surface area contributed by atoms with Crippen molar-refractivity contribution in [3.05, 3.63) is 82.4 Å². The lowest BCUT2D eigenvalue weighted by molar-refractivity contribution is 0.0783. The number of aromatic nitrogens is 3. The van der Waals surface area contributed by atoms with Crippen LogP contribution in [-0.4, -0.2) is 51.2 Å². The van der Waals surface area contributed by atoms with Gasteiger partial charge in [-0.25, -0.2) is 0 Å². The van der Waals surface area contributed by atoms with E-state index in [9.17, 15) is 9.90 Å². The van der Waals surface area contributed by atoms with Gasteiger partial charge in [0.05, 0.1) is 18.3 Å². The number of aromatic amines is 1. The van der Waals surface area contributed by atoms with Crippen molar-refractivity contribution in [3.8, 4) is 0 Å². The van der Waals surface area contributed by atoms with Gasteiger partial charge < -0.3 is 15.3 Å². The molecule has 0 saturated heterocycles. The van der Waals surface area contributed by atoms with Crippen LogP contribution in [0.5, 0.6) is 0 Å². The molecule has 2 heterocycles. The largest absolute Gasteiger partial charge is 0.387 e. The van der Waals surface area contributed by atoms with Crippen molar-refractivity contribution < 1.29 is 9.90 Å². The first kappa shape index (κ1) is 22.2. The number of H-pyrrole nitrogens is 1. The minimum atomic E-state index is -0.570. The molecule has 7 nitrogen and oxygen atoms in total. The smallest absolute Gasteiger partial charge is 0.253 e. The third-order valence-electron chi connectivity index (χ3n) is 6.07. The van der Waals surface area contributed by atoms with Gasteiger partial charge in [0.2, 0.25) is 0 Å². The van der Waals surface area contributed by atoms with Crippen LogP contribution in [-0.2, 0) is 25.8 Å². The first-order chi connectivity index (χ1) is 15.6. The molecule has 1 aliphatic carbocycles. The van der Waals surface area contributed by atoms with Crippen molar-refractivity contribution in [1.29, 1.82) is 0 Å². The van der Waals surface area contributed by atoms with Gasteiger partial charge in [0.1, 0.15) is 0 Å². The summed E-state index contributed by atoms with van der Waals surface area (Å²) in [5, 5.41) is 21.0. The first-order valence-corrected chi connectivity index (χ1v) is 11.3. The summed E-state index contributed by atoms with van der Waals surface area (Å²) < 4.78 is 0. The van der Waals surface area contributed by atoms with Crippen molar-refractivity contribution in [2.45, 2.75) is 44.8 Å². The number of rotatable bonds is 9. The van der Waals surface area contributed by atoms with E-state index in [1.807, 2.05) is 43.4 Å². The summed E-state index contributed by atoms with van der Waals surface area (Å²) in [6.07, 6.45) is 8.12. The van der Waals surface area contributed by atoms with Gasteiger partial charge in [-0.3, -0.25) is 14.9 Å². The Hall–Kier alpha value is -3.03. The first-order valence-electron chi connectivity index (χ1n) is 11.3. The summed E-state index contributed by atoms with van der Waals surface area (Å²) in [5.41, 5.74) is 6.16. The lowest BCUT2D eigenvalue weighted by Crippen LogP contribution is -2.27. The maximum absolute atomic E-state index is 12.9. The molecular weight excluding hydrogens is 402 g/mol. The molecule has 168 valence electrons. The summed E-state index contributed by atoms with van der Waals surface area (Å²) in [4.78, 5) is 18.6. The molecule has 0 unspecified atom stereocenters. The van der Waals surface area contributed by atoms with E-state index in [1.54, 1.807) is 17.3 Å². The average molecular weight is 434 g/mol. The molecule has 4 rings (SSSR count). The van der Waals surface area contributed by atoms with Crippen LogP contribution in [0.3, 0.4) is 0 Å². The van der Waals surface area contributed by atoms with Crippen molar-refractivity contribution in [3.63, 3.8) is 0 Å². The Morgan fingerprint density at radius 2 is 2.03 bits per heavy atom. The number of aliphatic hydroxyl groups is 1. The highest BCUT2D eigenvalue weighted by atomic mass is 16.3. The molecule has 2 aromatic heterocycles. The number of aryl methyl sites for hydroxylation is 1. The van der Waals surface area contributed by atoms with Gasteiger partial charge in [0.15, 0.2) is 0 Å². The summed E-state index contributed by atoms with van der Waals surface area (Å²) >= 11 is 0. The highest BCUT2D eigenvalue weighted by molar-refractivity contribution is 5.94. The van der Waals surface area contributed by atoms with Crippen LogP contribution < -0.4 is 5.32 Å². The molecule has 0 radical (unpaired) electrons. The summed E-state index contributed by atoms with van der Waals surface area (Å²) in [7, 11) is 1.83. The molecule has 7 heteroatoms. The Morgan fingerprint density at radius 3 is 2.81 bits per heavy atom. The second-order valence-electron chi connectivity index (χ2n) is 8.45. The van der Waals surface area contributed by atoms with E-state index in [2.05, 4.69) is 20.5 Å². The number of hydrogen-bond donors (Lipinski definition) is 3. The molecule has 1 amide bonds. The van der Waals surface area contributed by atoms with E-state index in [4.69, 9.17) is 0 Å². The Kier molecular flexibility index (Phi) is 7.29. The van der Waals surface area contributed by atoms with E-state index < -0.39 is 6.10 Å². The number of hydrogen-bond acceptors (Lipinski definition) is 5. The third kappa shape index (κ3) is 5.41. The van der Waals surface area contributed by atoms with Crippen LogP contribution in [0.2, 0.25) is 0 Å². The standard InChI is InChI=1S/C25H31N5O2/c1-30(17-23-21-6-2-3-7-22(21)28-29-23)25(32)19-10-8-18(9-11-19)12-14-27-16-24(31)20-5-4-13-26-15-20/h4-5,8-11,13,15,24,27,31H,2-3,6-7,12,14,16-17H2,1H3,(H,28,29)/t24-/m0/s1. The van der Waals surface area contributed by atoms with Crippen LogP contribution in [0.15, 0.2) is 48.8 Å². The number of carbonyl (C=O) groups is 1. The number of nitrogens with zero attached hydrogens (tertiary/aromatic N) is 3. The van der Waals surface area contributed by atoms with Crippen LogP contribution in [0.4, 0.5) is 0 Å². The Bertz CT molecular complexity index is 1020. The molecule has 3 aromatic rings. The maximum atomic E-state index is 12.9. The number of fused-ring (bicyclic) bond motifs is 1. The topological polar surface area (TPSA) is 94.1 Å². The molecule has 32 heavy (non-hydrogen) atoms. The molecule has 0 bridgehead atoms. The number of amides is 1. The average Bonchev–Trinajstić information content (AvgIpc) is 3.25. The number of pyridine rings is 1. The minimum absolute atomic E-state index is 0.00169. The quantitative estimate of drug-likeness (QED) is 0.451. The van der Waals surface area contributed by atoms with E-state index >= 15 is 0 Å². The summed E-state index contributed by atoms with van der Waals surface area (Å²) in [5.74, 6) is 0.00169. The zero-order valence-corrected chi connectivity index (χ0v) is 18.6. The molecule has 0 fully saturated rings. The minimum Gasteiger partial charge on any atom is -0.387 e. The number of nitrogens with one attached hydrogen (secondary N) is 2. The Balaban J connectivity index is 1.24. The van der Waals surface area contributed by atoms with Crippen molar-refractivity contribution in [1.82, 2.24) is 25.4 Å². The van der Waals surface area contributed by atoms with Gasteiger partial charge in [-0.15, -0.1) is 0 Å². The highest BCUT2D eigenvalue weighted by Gasteiger charge is 2.20. The molecule has 1 atom stereocenters. The molecule has 3 N–H and O–H groups in total. The van der Waals surface area contributed by atoms with Crippen LogP contribution in [0.1, 0.15) is 57.4 Å². The fraction of sp³-hybridized carbons (Fsp3) is 0.400. The fourth-order valence-electron chi connectivity index (χ4n) is 4.17. The number of carbonyl (C=O) groups excluding carboxylic acids is 1. The molecular formula is C25H31N5O2. The second kappa shape index (κ2) is 10.5. The summed E-state index contributed by atoms with van der Waals surface area (Å²) in [6, 6.07) is 11.5. The van der Waals surface area contributed by atoms with Gasteiger partial charge in [0.25, 0.3) is 5.91 Å². The zero-order chi connectivity index (χ0) is 22.3. The second-order valence-corrected chi connectivity index (χ2v) is 8.45. The zero-order valence-electron chi connectivity index (χ0n) is 18.6. The van der Waals surface area contributed by atoms with E-state index in [0.717, 1.165) is 42.6 Å². The van der Waals surface area contributed by atoms with Crippen molar-refractivity contribution >= 4 is 5.91 Å². The number of benzene rings is 1. The lowest BCUT2D eigenvalue weighted by Gasteiger charge is -2.18. The van der Waals surface area contributed by atoms with Gasteiger partial charge in [0, 0.05) is 42.8 Å². The van der Waals surface area contributed by atoms with Gasteiger partial charge in [-0.05, 0) is 68.0 Å². The lowest BCUT2D eigenvalue weighted by atomic mass is 9.96.